The normalized spacial score (nSPS) is 19.4. The number of amides is 2. The first-order valence-corrected chi connectivity index (χ1v) is 13.2. The summed E-state index contributed by atoms with van der Waals surface area (Å²) >= 11 is 6.13. The standard InChI is InChI=1S/C30H27ClN4O3/c31-22-6-8-26-24(16-22)25(30(37)34-26)17-23-7-9-27(38-23)20-4-3-5-21(15-20)29(36)33-18-19-10-11-32-28(14-19)35-12-1-2-13-35/h3-11,14,16-17,21H,1-2,12-13,15,18H2,(H,33,36)(H,34,37)/b25-17+. The highest BCUT2D eigenvalue weighted by molar-refractivity contribution is 6.36. The monoisotopic (exact) mass is 526 g/mol. The van der Waals surface area contributed by atoms with Crippen LogP contribution in [0.4, 0.5) is 11.5 Å². The van der Waals surface area contributed by atoms with Crippen LogP contribution < -0.4 is 15.5 Å². The Morgan fingerprint density at radius 1 is 1.18 bits per heavy atom. The minimum absolute atomic E-state index is 0.0311. The third-order valence-corrected chi connectivity index (χ3v) is 7.35. The number of hydrogen-bond acceptors (Lipinski definition) is 5. The highest BCUT2D eigenvalue weighted by Crippen LogP contribution is 2.36. The maximum absolute atomic E-state index is 13.0. The van der Waals surface area contributed by atoms with Crippen molar-refractivity contribution >= 4 is 52.1 Å². The molecule has 1 atom stereocenters. The fraction of sp³-hybridized carbons (Fsp3) is 0.233. The zero-order chi connectivity index (χ0) is 26.1. The smallest absolute Gasteiger partial charge is 0.256 e. The van der Waals surface area contributed by atoms with Crippen molar-refractivity contribution in [2.75, 3.05) is 23.3 Å². The predicted molar refractivity (Wildman–Crippen MR) is 149 cm³/mol. The summed E-state index contributed by atoms with van der Waals surface area (Å²) in [5, 5.41) is 6.48. The third kappa shape index (κ3) is 5.02. The highest BCUT2D eigenvalue weighted by atomic mass is 35.5. The summed E-state index contributed by atoms with van der Waals surface area (Å²) < 4.78 is 6.06. The second-order valence-corrected chi connectivity index (χ2v) is 10.2. The molecular formula is C30H27ClN4O3. The molecule has 0 saturated carbocycles. The molecule has 1 aromatic carbocycles. The van der Waals surface area contributed by atoms with Gasteiger partial charge < -0.3 is 20.0 Å². The molecule has 3 aliphatic rings. The van der Waals surface area contributed by atoms with Crippen molar-refractivity contribution in [2.45, 2.75) is 25.8 Å². The van der Waals surface area contributed by atoms with Gasteiger partial charge in [-0.05, 0) is 78.9 Å². The van der Waals surface area contributed by atoms with Crippen LogP contribution in [0.15, 0.2) is 71.3 Å². The Morgan fingerprint density at radius 3 is 2.92 bits per heavy atom. The Labute approximate surface area is 225 Å². The molecule has 2 aliphatic heterocycles. The summed E-state index contributed by atoms with van der Waals surface area (Å²) in [7, 11) is 0. The molecule has 192 valence electrons. The molecule has 2 amide bonds. The molecule has 0 radical (unpaired) electrons. The molecule has 0 bridgehead atoms. The molecular weight excluding hydrogens is 500 g/mol. The van der Waals surface area contributed by atoms with Crippen LogP contribution in [0.1, 0.15) is 41.9 Å². The van der Waals surface area contributed by atoms with E-state index in [4.69, 9.17) is 16.0 Å². The van der Waals surface area contributed by atoms with E-state index in [9.17, 15) is 9.59 Å². The van der Waals surface area contributed by atoms with Crippen LogP contribution in [0.2, 0.25) is 5.02 Å². The molecule has 1 fully saturated rings. The van der Waals surface area contributed by atoms with E-state index in [0.717, 1.165) is 41.3 Å². The third-order valence-electron chi connectivity index (χ3n) is 7.12. The number of fused-ring (bicyclic) bond motifs is 1. The number of furan rings is 1. The number of benzene rings is 1. The number of halogens is 1. The van der Waals surface area contributed by atoms with Gasteiger partial charge in [0.05, 0.1) is 11.5 Å². The molecule has 1 saturated heterocycles. The van der Waals surface area contributed by atoms with Gasteiger partial charge in [0.1, 0.15) is 17.3 Å². The second-order valence-electron chi connectivity index (χ2n) is 9.73. The van der Waals surface area contributed by atoms with Crippen molar-refractivity contribution in [2.24, 2.45) is 5.92 Å². The van der Waals surface area contributed by atoms with Crippen LogP contribution in [0.3, 0.4) is 0 Å². The van der Waals surface area contributed by atoms with E-state index in [2.05, 4.69) is 26.6 Å². The van der Waals surface area contributed by atoms with Gasteiger partial charge in [0.15, 0.2) is 0 Å². The Bertz CT molecular complexity index is 1500. The van der Waals surface area contributed by atoms with Crippen molar-refractivity contribution in [3.8, 4) is 0 Å². The molecule has 8 heteroatoms. The van der Waals surface area contributed by atoms with Crippen LogP contribution in [-0.4, -0.2) is 29.9 Å². The maximum atomic E-state index is 13.0. The Morgan fingerprint density at radius 2 is 2.05 bits per heavy atom. The van der Waals surface area contributed by atoms with Crippen molar-refractivity contribution in [3.63, 3.8) is 0 Å². The van der Waals surface area contributed by atoms with Gasteiger partial charge in [0.25, 0.3) is 5.91 Å². The zero-order valence-corrected chi connectivity index (χ0v) is 21.5. The van der Waals surface area contributed by atoms with Crippen molar-refractivity contribution < 1.29 is 14.0 Å². The van der Waals surface area contributed by atoms with Crippen molar-refractivity contribution in [1.82, 2.24) is 10.3 Å². The van der Waals surface area contributed by atoms with Crippen molar-refractivity contribution in [3.05, 3.63) is 94.6 Å². The minimum atomic E-state index is -0.295. The van der Waals surface area contributed by atoms with E-state index in [1.165, 1.54) is 12.8 Å². The summed E-state index contributed by atoms with van der Waals surface area (Å²) in [6.07, 6.45) is 12.2. The van der Waals surface area contributed by atoms with Crippen LogP contribution in [0, 0.1) is 5.92 Å². The first kappa shape index (κ1) is 24.2. The minimum Gasteiger partial charge on any atom is -0.457 e. The van der Waals surface area contributed by atoms with E-state index < -0.39 is 0 Å². The lowest BCUT2D eigenvalue weighted by Crippen LogP contribution is -2.30. The first-order valence-electron chi connectivity index (χ1n) is 12.8. The Hall–Kier alpha value is -4.10. The average Bonchev–Trinajstić information content (AvgIpc) is 3.70. The van der Waals surface area contributed by atoms with Crippen molar-refractivity contribution in [1.29, 1.82) is 0 Å². The topological polar surface area (TPSA) is 87.5 Å². The molecule has 2 N–H and O–H groups in total. The number of pyridine rings is 1. The van der Waals surface area contributed by atoms with Gasteiger partial charge in [0.2, 0.25) is 5.91 Å². The SMILES string of the molecule is O=C1Nc2ccc(Cl)cc2/C1=C\c1ccc(C2=CC=CC(C(=O)NCc3ccnc(N4CCCC4)c3)C2)o1. The summed E-state index contributed by atoms with van der Waals surface area (Å²) in [6.45, 7) is 2.52. The van der Waals surface area contributed by atoms with Gasteiger partial charge in [0, 0.05) is 42.1 Å². The molecule has 2 aromatic heterocycles. The van der Waals surface area contributed by atoms with Gasteiger partial charge in [-0.1, -0.05) is 29.8 Å². The second kappa shape index (κ2) is 10.3. The number of nitrogens with zero attached hydrogens (tertiary/aromatic N) is 2. The van der Waals surface area contributed by atoms with Crippen LogP contribution in [-0.2, 0) is 16.1 Å². The molecule has 6 rings (SSSR count). The molecule has 3 aromatic rings. The number of allylic oxidation sites excluding steroid dienone is 3. The van der Waals surface area contributed by atoms with Crippen LogP contribution in [0.25, 0.3) is 17.2 Å². The summed E-state index contributed by atoms with van der Waals surface area (Å²) in [6, 6.07) is 13.0. The summed E-state index contributed by atoms with van der Waals surface area (Å²) in [5.74, 6) is 1.68. The summed E-state index contributed by atoms with van der Waals surface area (Å²) in [5.41, 5.74) is 3.94. The molecule has 4 heterocycles. The van der Waals surface area contributed by atoms with E-state index >= 15 is 0 Å². The van der Waals surface area contributed by atoms with E-state index in [-0.39, 0.29) is 17.7 Å². The van der Waals surface area contributed by atoms with Gasteiger partial charge in [-0.2, -0.15) is 0 Å². The average molecular weight is 527 g/mol. The Kier molecular flexibility index (Phi) is 6.60. The fourth-order valence-corrected chi connectivity index (χ4v) is 5.27. The lowest BCUT2D eigenvalue weighted by atomic mass is 9.92. The lowest BCUT2D eigenvalue weighted by Gasteiger charge is -2.19. The highest BCUT2D eigenvalue weighted by Gasteiger charge is 2.25. The summed E-state index contributed by atoms with van der Waals surface area (Å²) in [4.78, 5) is 32.3. The number of carbonyl (C=O) groups excluding carboxylic acids is 2. The van der Waals surface area contributed by atoms with E-state index in [1.807, 2.05) is 42.6 Å². The Balaban J connectivity index is 1.10. The molecule has 7 nitrogen and oxygen atoms in total. The fourth-order valence-electron chi connectivity index (χ4n) is 5.10. The molecule has 0 spiro atoms. The first-order chi connectivity index (χ1) is 18.5. The largest absolute Gasteiger partial charge is 0.457 e. The van der Waals surface area contributed by atoms with Gasteiger partial charge in [-0.15, -0.1) is 0 Å². The zero-order valence-electron chi connectivity index (χ0n) is 20.7. The van der Waals surface area contributed by atoms with Gasteiger partial charge in [-0.3, -0.25) is 9.59 Å². The number of anilines is 2. The van der Waals surface area contributed by atoms with Crippen LogP contribution >= 0.6 is 11.6 Å². The lowest BCUT2D eigenvalue weighted by molar-refractivity contribution is -0.123. The molecule has 1 unspecified atom stereocenters. The number of aromatic nitrogens is 1. The number of rotatable bonds is 6. The number of hydrogen-bond donors (Lipinski definition) is 2. The van der Waals surface area contributed by atoms with E-state index in [0.29, 0.717) is 35.1 Å². The van der Waals surface area contributed by atoms with Gasteiger partial charge >= 0.3 is 0 Å². The van der Waals surface area contributed by atoms with E-state index in [1.54, 1.807) is 24.3 Å². The molecule has 38 heavy (non-hydrogen) atoms. The number of carbonyl (C=O) groups is 2. The maximum Gasteiger partial charge on any atom is 0.256 e. The van der Waals surface area contributed by atoms with Gasteiger partial charge in [-0.25, -0.2) is 4.98 Å². The molecule has 1 aliphatic carbocycles. The predicted octanol–water partition coefficient (Wildman–Crippen LogP) is 5.70. The number of nitrogens with one attached hydrogen (secondary N) is 2. The van der Waals surface area contributed by atoms with Crippen LogP contribution in [0.5, 0.6) is 0 Å². The quantitative estimate of drug-likeness (QED) is 0.402.